The molecule has 140 valence electrons. The van der Waals surface area contributed by atoms with Gasteiger partial charge < -0.3 is 5.32 Å². The predicted molar refractivity (Wildman–Crippen MR) is 112 cm³/mol. The van der Waals surface area contributed by atoms with E-state index in [2.05, 4.69) is 15.4 Å². The van der Waals surface area contributed by atoms with Gasteiger partial charge in [0.2, 0.25) is 11.9 Å². The van der Waals surface area contributed by atoms with Gasteiger partial charge in [0.25, 0.3) is 0 Å². The van der Waals surface area contributed by atoms with Crippen molar-refractivity contribution in [2.24, 2.45) is 0 Å². The third-order valence-electron chi connectivity index (χ3n) is 4.35. The average Bonchev–Trinajstić information content (AvgIpc) is 3.42. The van der Waals surface area contributed by atoms with Crippen LogP contribution >= 0.6 is 11.3 Å². The number of carbonyl (C=O) groups is 1. The van der Waals surface area contributed by atoms with E-state index in [0.29, 0.717) is 31.2 Å². The van der Waals surface area contributed by atoms with E-state index in [0.717, 1.165) is 11.1 Å². The van der Waals surface area contributed by atoms with Gasteiger partial charge in [-0.1, -0.05) is 66.7 Å². The summed E-state index contributed by atoms with van der Waals surface area (Å²) in [4.78, 5) is 18.6. The topological polar surface area (TPSA) is 59.8 Å². The van der Waals surface area contributed by atoms with Crippen molar-refractivity contribution in [3.05, 3.63) is 88.6 Å². The minimum atomic E-state index is -0.0767. The number of thiophene rings is 1. The highest BCUT2D eigenvalue weighted by molar-refractivity contribution is 7.09. The third-order valence-corrected chi connectivity index (χ3v) is 5.22. The first-order chi connectivity index (χ1) is 13.8. The van der Waals surface area contributed by atoms with Crippen LogP contribution in [0.25, 0.3) is 11.4 Å². The van der Waals surface area contributed by atoms with Crippen molar-refractivity contribution in [1.82, 2.24) is 14.8 Å². The largest absolute Gasteiger partial charge is 0.349 e. The molecule has 4 rings (SSSR count). The Morgan fingerprint density at radius 2 is 1.71 bits per heavy atom. The molecule has 0 radical (unpaired) electrons. The predicted octanol–water partition coefficient (Wildman–Crippen LogP) is 4.89. The van der Waals surface area contributed by atoms with Crippen LogP contribution in [-0.4, -0.2) is 20.7 Å². The van der Waals surface area contributed by atoms with Crippen LogP contribution in [0.2, 0.25) is 0 Å². The fourth-order valence-electron chi connectivity index (χ4n) is 2.89. The Balaban J connectivity index is 1.56. The lowest BCUT2D eigenvalue weighted by atomic mass is 10.1. The number of anilines is 1. The smallest absolute Gasteiger partial charge is 0.250 e. The summed E-state index contributed by atoms with van der Waals surface area (Å²) in [5, 5.41) is 9.78. The molecule has 5 nitrogen and oxygen atoms in total. The molecule has 2 aromatic heterocycles. The molecule has 0 aliphatic carbocycles. The van der Waals surface area contributed by atoms with Crippen LogP contribution in [0.15, 0.2) is 78.2 Å². The zero-order chi connectivity index (χ0) is 19.2. The van der Waals surface area contributed by atoms with Crippen molar-refractivity contribution in [3.8, 4) is 11.4 Å². The molecule has 2 heterocycles. The second-order valence-electron chi connectivity index (χ2n) is 6.35. The lowest BCUT2D eigenvalue weighted by Gasteiger charge is -2.06. The summed E-state index contributed by atoms with van der Waals surface area (Å²) < 4.78 is 1.40. The minimum Gasteiger partial charge on any atom is -0.349 e. The molecule has 1 N–H and O–H groups in total. The number of carbonyl (C=O) groups excluding carboxylic acids is 1. The Labute approximate surface area is 167 Å². The highest BCUT2D eigenvalue weighted by atomic mass is 32.1. The molecule has 0 unspecified atom stereocenters. The lowest BCUT2D eigenvalue weighted by molar-refractivity contribution is 0.0890. The molecule has 0 aliphatic rings. The van der Waals surface area contributed by atoms with Crippen LogP contribution < -0.4 is 5.32 Å². The number of nitrogens with one attached hydrogen (secondary N) is 1. The van der Waals surface area contributed by atoms with Gasteiger partial charge >= 0.3 is 0 Å². The molecule has 0 bridgehead atoms. The first-order valence-corrected chi connectivity index (χ1v) is 10.0. The van der Waals surface area contributed by atoms with Gasteiger partial charge in [-0.05, 0) is 23.4 Å². The van der Waals surface area contributed by atoms with Crippen molar-refractivity contribution in [2.45, 2.75) is 19.4 Å². The SMILES string of the molecule is O=C(CCc1ccccc1)n1nc(-c2ccccc2)nc1NCc1cccs1. The maximum Gasteiger partial charge on any atom is 0.250 e. The van der Waals surface area contributed by atoms with E-state index >= 15 is 0 Å². The number of hydrogen-bond acceptors (Lipinski definition) is 5. The van der Waals surface area contributed by atoms with Crippen LogP contribution in [0.5, 0.6) is 0 Å². The van der Waals surface area contributed by atoms with Crippen molar-refractivity contribution < 1.29 is 4.79 Å². The zero-order valence-corrected chi connectivity index (χ0v) is 16.1. The average molecular weight is 388 g/mol. The maximum absolute atomic E-state index is 12.9. The number of aryl methyl sites for hydroxylation is 1. The van der Waals surface area contributed by atoms with Crippen LogP contribution in [0.1, 0.15) is 21.7 Å². The molecule has 0 saturated heterocycles. The molecule has 2 aromatic carbocycles. The molecule has 28 heavy (non-hydrogen) atoms. The van der Waals surface area contributed by atoms with Crippen molar-refractivity contribution >= 4 is 23.2 Å². The second-order valence-corrected chi connectivity index (χ2v) is 7.38. The van der Waals surface area contributed by atoms with Gasteiger partial charge in [-0.3, -0.25) is 4.79 Å². The quantitative estimate of drug-likeness (QED) is 0.490. The summed E-state index contributed by atoms with van der Waals surface area (Å²) in [6.07, 6.45) is 1.04. The lowest BCUT2D eigenvalue weighted by Crippen LogP contribution is -2.17. The minimum absolute atomic E-state index is 0.0767. The molecule has 0 aliphatic heterocycles. The number of nitrogens with zero attached hydrogens (tertiary/aromatic N) is 3. The standard InChI is InChI=1S/C22H20N4OS/c27-20(14-13-17-8-3-1-4-9-17)26-22(23-16-19-12-7-15-28-19)24-21(25-26)18-10-5-2-6-11-18/h1-12,15H,13-14,16H2,(H,23,24,25). The molecular weight excluding hydrogens is 368 g/mol. The van der Waals surface area contributed by atoms with Gasteiger partial charge in [0.05, 0.1) is 6.54 Å². The normalized spacial score (nSPS) is 10.7. The van der Waals surface area contributed by atoms with E-state index < -0.39 is 0 Å². The van der Waals surface area contributed by atoms with E-state index in [1.807, 2.05) is 78.2 Å². The molecule has 0 saturated carbocycles. The van der Waals surface area contributed by atoms with Crippen molar-refractivity contribution in [1.29, 1.82) is 0 Å². The fourth-order valence-corrected chi connectivity index (χ4v) is 3.54. The van der Waals surface area contributed by atoms with Crippen LogP contribution in [0, 0.1) is 0 Å². The first kappa shape index (κ1) is 18.1. The Bertz CT molecular complexity index is 1030. The molecular formula is C22H20N4OS. The molecule has 4 aromatic rings. The van der Waals surface area contributed by atoms with Crippen LogP contribution in [0.3, 0.4) is 0 Å². The van der Waals surface area contributed by atoms with E-state index in [9.17, 15) is 4.79 Å². The monoisotopic (exact) mass is 388 g/mol. The summed E-state index contributed by atoms with van der Waals surface area (Å²) in [5.41, 5.74) is 2.02. The molecule has 0 fully saturated rings. The molecule has 0 atom stereocenters. The summed E-state index contributed by atoms with van der Waals surface area (Å²) in [6.45, 7) is 0.608. The van der Waals surface area contributed by atoms with Crippen molar-refractivity contribution in [3.63, 3.8) is 0 Å². The Morgan fingerprint density at radius 3 is 2.43 bits per heavy atom. The third kappa shape index (κ3) is 4.35. The number of aromatic nitrogens is 3. The van der Waals surface area contributed by atoms with Crippen LogP contribution in [-0.2, 0) is 13.0 Å². The number of rotatable bonds is 7. The van der Waals surface area contributed by atoms with E-state index in [1.54, 1.807) is 11.3 Å². The van der Waals surface area contributed by atoms with E-state index in [1.165, 1.54) is 9.56 Å². The first-order valence-electron chi connectivity index (χ1n) is 9.15. The molecule has 0 spiro atoms. The Morgan fingerprint density at radius 1 is 0.964 bits per heavy atom. The van der Waals surface area contributed by atoms with Gasteiger partial charge in [-0.25, -0.2) is 0 Å². The van der Waals surface area contributed by atoms with Gasteiger partial charge in [0.15, 0.2) is 5.82 Å². The summed E-state index contributed by atoms with van der Waals surface area (Å²) >= 11 is 1.66. The molecule has 0 amide bonds. The Kier molecular flexibility index (Phi) is 5.58. The summed E-state index contributed by atoms with van der Waals surface area (Å²) in [6, 6.07) is 23.8. The van der Waals surface area contributed by atoms with E-state index in [4.69, 9.17) is 0 Å². The summed E-state index contributed by atoms with van der Waals surface area (Å²) in [7, 11) is 0. The summed E-state index contributed by atoms with van der Waals surface area (Å²) in [5.74, 6) is 0.944. The fraction of sp³-hybridized carbons (Fsp3) is 0.136. The van der Waals surface area contributed by atoms with Gasteiger partial charge in [0, 0.05) is 16.9 Å². The maximum atomic E-state index is 12.9. The zero-order valence-electron chi connectivity index (χ0n) is 15.3. The second kappa shape index (κ2) is 8.63. The van der Waals surface area contributed by atoms with E-state index in [-0.39, 0.29) is 5.91 Å². The Hall–Kier alpha value is -3.25. The van der Waals surface area contributed by atoms with Gasteiger partial charge in [-0.2, -0.15) is 9.67 Å². The number of hydrogen-bond donors (Lipinski definition) is 1. The highest BCUT2D eigenvalue weighted by Crippen LogP contribution is 2.19. The van der Waals surface area contributed by atoms with Gasteiger partial charge in [-0.15, -0.1) is 16.4 Å². The molecule has 6 heteroatoms. The number of benzene rings is 2. The van der Waals surface area contributed by atoms with Gasteiger partial charge in [0.1, 0.15) is 0 Å². The highest BCUT2D eigenvalue weighted by Gasteiger charge is 2.17. The van der Waals surface area contributed by atoms with Crippen molar-refractivity contribution in [2.75, 3.05) is 5.32 Å². The van der Waals surface area contributed by atoms with Crippen LogP contribution in [0.4, 0.5) is 5.95 Å².